The number of aromatic nitrogens is 3. The Bertz CT molecular complexity index is 1500. The Hall–Kier alpha value is -3.42. The number of carbonyl (C=O) groups is 1. The number of aliphatic carboxylic acids is 1. The van der Waals surface area contributed by atoms with Crippen LogP contribution in [-0.4, -0.2) is 38.0 Å². The van der Waals surface area contributed by atoms with Crippen LogP contribution >= 0.6 is 11.6 Å². The summed E-state index contributed by atoms with van der Waals surface area (Å²) in [7, 11) is 0. The Morgan fingerprint density at radius 3 is 2.74 bits per heavy atom. The predicted octanol–water partition coefficient (Wildman–Crippen LogP) is 4.86. The molecule has 2 heterocycles. The zero-order valence-electron chi connectivity index (χ0n) is 22.2. The van der Waals surface area contributed by atoms with Crippen LogP contribution in [0.15, 0.2) is 54.6 Å². The molecule has 0 fully saturated rings. The van der Waals surface area contributed by atoms with Gasteiger partial charge in [0.15, 0.2) is 0 Å². The van der Waals surface area contributed by atoms with E-state index in [1.54, 1.807) is 4.68 Å². The van der Waals surface area contributed by atoms with Gasteiger partial charge in [0.2, 0.25) is 0 Å². The number of hydrogen-bond acceptors (Lipinski definition) is 6. The highest BCUT2D eigenvalue weighted by Crippen LogP contribution is 2.37. The van der Waals surface area contributed by atoms with Gasteiger partial charge < -0.3 is 14.6 Å². The number of fused-ring (bicyclic) bond motifs is 2. The van der Waals surface area contributed by atoms with Crippen molar-refractivity contribution in [3.05, 3.63) is 87.4 Å². The summed E-state index contributed by atoms with van der Waals surface area (Å²) in [4.78, 5) is 14.3. The molecule has 0 unspecified atom stereocenters. The largest absolute Gasteiger partial charge is 0.550 e. The van der Waals surface area contributed by atoms with E-state index in [-0.39, 0.29) is 12.0 Å². The molecular formula is C30H32ClN4O3-. The number of carboxylic acid groups (broad SMARTS) is 1. The van der Waals surface area contributed by atoms with Crippen molar-refractivity contribution in [1.82, 2.24) is 19.9 Å². The van der Waals surface area contributed by atoms with Gasteiger partial charge in [-0.05, 0) is 68.5 Å². The molecule has 8 heteroatoms. The fourth-order valence-corrected chi connectivity index (χ4v) is 5.76. The molecular weight excluding hydrogens is 500 g/mol. The minimum absolute atomic E-state index is 0.187. The first-order valence-electron chi connectivity index (χ1n) is 13.0. The van der Waals surface area contributed by atoms with E-state index >= 15 is 0 Å². The molecule has 198 valence electrons. The summed E-state index contributed by atoms with van der Waals surface area (Å²) in [6.07, 6.45) is -0.187. The van der Waals surface area contributed by atoms with Crippen LogP contribution in [0.3, 0.4) is 0 Å². The van der Waals surface area contributed by atoms with E-state index in [1.807, 2.05) is 43.3 Å². The van der Waals surface area contributed by atoms with E-state index in [0.717, 1.165) is 46.6 Å². The maximum atomic E-state index is 11.9. The maximum absolute atomic E-state index is 11.9. The first-order valence-corrected chi connectivity index (χ1v) is 13.3. The van der Waals surface area contributed by atoms with Gasteiger partial charge in [-0.3, -0.25) is 4.90 Å². The standard InChI is InChI=1S/C30H33ClN4O3/c1-5-35-25-13-12-23(28(31)29(25)32-33-35)24(15-27(36)37)20-11-10-19(2)22(14-20)17-34-16-21-8-6-7-9-26(21)38-30(3,4)18-34/h6-14,24H,5,15-18H2,1-4H3,(H,36,37)/p-1/t24-/m1/s1. The summed E-state index contributed by atoms with van der Waals surface area (Å²) in [5.41, 5.74) is 6.07. The number of benzene rings is 3. The van der Waals surface area contributed by atoms with Crippen molar-refractivity contribution < 1.29 is 14.6 Å². The highest BCUT2D eigenvalue weighted by Gasteiger charge is 2.29. The zero-order chi connectivity index (χ0) is 27.0. The van der Waals surface area contributed by atoms with Crippen LogP contribution in [-0.2, 0) is 24.4 Å². The van der Waals surface area contributed by atoms with Gasteiger partial charge in [0.1, 0.15) is 16.9 Å². The van der Waals surface area contributed by atoms with Gasteiger partial charge >= 0.3 is 0 Å². The van der Waals surface area contributed by atoms with Gasteiger partial charge in [-0.25, -0.2) is 4.68 Å². The third-order valence-corrected chi connectivity index (χ3v) is 7.63. The molecule has 0 spiro atoms. The van der Waals surface area contributed by atoms with Crippen molar-refractivity contribution in [1.29, 1.82) is 0 Å². The average molecular weight is 532 g/mol. The van der Waals surface area contributed by atoms with E-state index in [2.05, 4.69) is 54.2 Å². The molecule has 4 aromatic rings. The van der Waals surface area contributed by atoms with Gasteiger partial charge in [0, 0.05) is 43.6 Å². The first-order chi connectivity index (χ1) is 18.1. The van der Waals surface area contributed by atoms with Gasteiger partial charge in [0.05, 0.1) is 10.5 Å². The number of rotatable bonds is 7. The molecule has 0 aliphatic carbocycles. The molecule has 0 N–H and O–H groups in total. The summed E-state index contributed by atoms with van der Waals surface area (Å²) in [5.74, 6) is -0.689. The maximum Gasteiger partial charge on any atom is 0.132 e. The molecule has 38 heavy (non-hydrogen) atoms. The number of ether oxygens (including phenoxy) is 1. The molecule has 0 radical (unpaired) electrons. The molecule has 1 aliphatic rings. The lowest BCUT2D eigenvalue weighted by Gasteiger charge is -2.30. The van der Waals surface area contributed by atoms with Crippen LogP contribution in [0, 0.1) is 6.92 Å². The van der Waals surface area contributed by atoms with E-state index in [4.69, 9.17) is 16.3 Å². The number of carboxylic acids is 1. The Kier molecular flexibility index (Phi) is 7.16. The van der Waals surface area contributed by atoms with Crippen LogP contribution in [0.4, 0.5) is 0 Å². The van der Waals surface area contributed by atoms with E-state index in [1.165, 1.54) is 0 Å². The normalized spacial score (nSPS) is 16.0. The fraction of sp³-hybridized carbons (Fsp3) is 0.367. The van der Waals surface area contributed by atoms with Crippen molar-refractivity contribution in [2.24, 2.45) is 0 Å². The fourth-order valence-electron chi connectivity index (χ4n) is 5.43. The summed E-state index contributed by atoms with van der Waals surface area (Å²) in [5, 5.41) is 20.7. The molecule has 0 bridgehead atoms. The number of nitrogens with zero attached hydrogens (tertiary/aromatic N) is 4. The second kappa shape index (κ2) is 10.4. The zero-order valence-corrected chi connectivity index (χ0v) is 23.0. The molecule has 5 rings (SSSR count). The van der Waals surface area contributed by atoms with E-state index in [0.29, 0.717) is 29.2 Å². The van der Waals surface area contributed by atoms with Gasteiger partial charge in [-0.1, -0.05) is 59.3 Å². The summed E-state index contributed by atoms with van der Waals surface area (Å²) in [6, 6.07) is 18.1. The molecule has 3 aromatic carbocycles. The molecule has 7 nitrogen and oxygen atoms in total. The lowest BCUT2D eigenvalue weighted by Crippen LogP contribution is -2.40. The number of carbonyl (C=O) groups excluding carboxylic acids is 1. The van der Waals surface area contributed by atoms with Crippen LogP contribution in [0.2, 0.25) is 5.02 Å². The van der Waals surface area contributed by atoms with Crippen LogP contribution in [0.5, 0.6) is 5.75 Å². The van der Waals surface area contributed by atoms with Crippen molar-refractivity contribution in [3.8, 4) is 5.75 Å². The third kappa shape index (κ3) is 5.26. The van der Waals surface area contributed by atoms with Gasteiger partial charge in [-0.15, -0.1) is 5.10 Å². The van der Waals surface area contributed by atoms with Crippen molar-refractivity contribution in [3.63, 3.8) is 0 Å². The minimum Gasteiger partial charge on any atom is -0.550 e. The third-order valence-electron chi connectivity index (χ3n) is 7.23. The second-order valence-corrected chi connectivity index (χ2v) is 11.0. The number of hydrogen-bond donors (Lipinski definition) is 0. The summed E-state index contributed by atoms with van der Waals surface area (Å²) < 4.78 is 8.09. The predicted molar refractivity (Wildman–Crippen MR) is 146 cm³/mol. The van der Waals surface area contributed by atoms with Gasteiger partial charge in [0.25, 0.3) is 0 Å². The summed E-state index contributed by atoms with van der Waals surface area (Å²) >= 11 is 6.81. The number of halogens is 1. The Morgan fingerprint density at radius 2 is 1.97 bits per heavy atom. The molecule has 0 saturated carbocycles. The van der Waals surface area contributed by atoms with E-state index < -0.39 is 11.9 Å². The lowest BCUT2D eigenvalue weighted by molar-refractivity contribution is -0.305. The average Bonchev–Trinajstić information content (AvgIpc) is 3.23. The minimum atomic E-state index is -1.13. The molecule has 1 aliphatic heterocycles. The van der Waals surface area contributed by atoms with Crippen molar-refractivity contribution >= 4 is 28.6 Å². The van der Waals surface area contributed by atoms with Crippen molar-refractivity contribution in [2.45, 2.75) is 65.3 Å². The Morgan fingerprint density at radius 1 is 1.18 bits per heavy atom. The van der Waals surface area contributed by atoms with Crippen LogP contribution in [0.25, 0.3) is 11.0 Å². The van der Waals surface area contributed by atoms with Crippen LogP contribution in [0.1, 0.15) is 60.9 Å². The lowest BCUT2D eigenvalue weighted by atomic mass is 9.86. The topological polar surface area (TPSA) is 83.3 Å². The van der Waals surface area contributed by atoms with Gasteiger partial charge in [-0.2, -0.15) is 0 Å². The Labute approximate surface area is 228 Å². The molecule has 1 aromatic heterocycles. The number of aryl methyl sites for hydroxylation is 2. The Balaban J connectivity index is 1.51. The number of para-hydroxylation sites is 1. The first kappa shape index (κ1) is 26.2. The molecule has 0 saturated heterocycles. The molecule has 1 atom stereocenters. The highest BCUT2D eigenvalue weighted by molar-refractivity contribution is 6.35. The highest BCUT2D eigenvalue weighted by atomic mass is 35.5. The smallest absolute Gasteiger partial charge is 0.132 e. The summed E-state index contributed by atoms with van der Waals surface area (Å²) in [6.45, 7) is 11.2. The van der Waals surface area contributed by atoms with E-state index in [9.17, 15) is 9.90 Å². The SMILES string of the molecule is CCn1nnc2c(Cl)c([C@H](CC(=O)[O-])c3ccc(C)c(CN4Cc5ccccc5OC(C)(C)C4)c3)ccc21. The molecule has 0 amide bonds. The monoisotopic (exact) mass is 531 g/mol. The quantitative estimate of drug-likeness (QED) is 0.339. The van der Waals surface area contributed by atoms with Crippen molar-refractivity contribution in [2.75, 3.05) is 6.54 Å². The van der Waals surface area contributed by atoms with Crippen LogP contribution < -0.4 is 9.84 Å². The second-order valence-electron chi connectivity index (χ2n) is 10.7.